The third kappa shape index (κ3) is 3.45. The van der Waals surface area contributed by atoms with Crippen molar-refractivity contribution in [1.82, 2.24) is 0 Å². The Bertz CT molecular complexity index is 501. The van der Waals surface area contributed by atoms with Crippen LogP contribution in [0, 0.1) is 0 Å². The molecule has 0 amide bonds. The van der Waals surface area contributed by atoms with Gasteiger partial charge in [0.1, 0.15) is 0 Å². The molecule has 2 nitrogen and oxygen atoms in total. The van der Waals surface area contributed by atoms with Crippen molar-refractivity contribution >= 4 is 44.6 Å². The lowest BCUT2D eigenvalue weighted by Gasteiger charge is -2.16. The predicted molar refractivity (Wildman–Crippen MR) is 78.9 cm³/mol. The lowest BCUT2D eigenvalue weighted by Crippen LogP contribution is -2.19. The summed E-state index contributed by atoms with van der Waals surface area (Å²) in [5.74, 6) is 0. The van der Waals surface area contributed by atoms with Crippen LogP contribution in [0.1, 0.15) is 10.9 Å². The Morgan fingerprint density at radius 2 is 2.18 bits per heavy atom. The summed E-state index contributed by atoms with van der Waals surface area (Å²) in [6.07, 6.45) is 0. The molecular formula is C12H12BrClN2S. The van der Waals surface area contributed by atoms with Crippen LogP contribution in [0.15, 0.2) is 40.9 Å². The van der Waals surface area contributed by atoms with Gasteiger partial charge in [-0.1, -0.05) is 33.6 Å². The molecule has 1 heterocycles. The van der Waals surface area contributed by atoms with Gasteiger partial charge in [-0.25, -0.2) is 0 Å². The van der Waals surface area contributed by atoms with E-state index in [4.69, 9.17) is 17.3 Å². The molecule has 0 aliphatic carbocycles. The van der Waals surface area contributed by atoms with Crippen LogP contribution >= 0.6 is 38.9 Å². The van der Waals surface area contributed by atoms with Gasteiger partial charge in [0.2, 0.25) is 0 Å². The van der Waals surface area contributed by atoms with Gasteiger partial charge < -0.3 is 11.1 Å². The zero-order chi connectivity index (χ0) is 12.3. The highest BCUT2D eigenvalue weighted by atomic mass is 79.9. The van der Waals surface area contributed by atoms with Crippen molar-refractivity contribution < 1.29 is 0 Å². The highest BCUT2D eigenvalue weighted by Gasteiger charge is 2.11. The maximum Gasteiger partial charge on any atom is 0.0932 e. The van der Waals surface area contributed by atoms with Crippen molar-refractivity contribution in [3.8, 4) is 0 Å². The van der Waals surface area contributed by atoms with Crippen LogP contribution in [-0.2, 0) is 0 Å². The molecule has 90 valence electrons. The van der Waals surface area contributed by atoms with Crippen molar-refractivity contribution in [2.75, 3.05) is 11.9 Å². The minimum Gasteiger partial charge on any atom is -0.376 e. The number of nitrogens with one attached hydrogen (secondary N) is 1. The Labute approximate surface area is 118 Å². The van der Waals surface area contributed by atoms with E-state index < -0.39 is 0 Å². The molecule has 2 rings (SSSR count). The summed E-state index contributed by atoms with van der Waals surface area (Å²) < 4.78 is 1.83. The van der Waals surface area contributed by atoms with Crippen molar-refractivity contribution in [2.45, 2.75) is 6.04 Å². The largest absolute Gasteiger partial charge is 0.376 e. The third-order valence-corrected chi connectivity index (χ3v) is 4.18. The second-order valence-corrected chi connectivity index (χ2v) is 6.25. The lowest BCUT2D eigenvalue weighted by atomic mass is 10.2. The normalized spacial score (nSPS) is 12.4. The van der Waals surface area contributed by atoms with Gasteiger partial charge in [0.05, 0.1) is 10.4 Å². The number of rotatable bonds is 4. The van der Waals surface area contributed by atoms with Crippen LogP contribution in [-0.4, -0.2) is 6.54 Å². The van der Waals surface area contributed by atoms with E-state index in [1.54, 1.807) is 11.3 Å². The van der Waals surface area contributed by atoms with Crippen molar-refractivity contribution in [3.05, 3.63) is 50.1 Å². The fourth-order valence-corrected chi connectivity index (χ4v) is 3.07. The van der Waals surface area contributed by atoms with E-state index in [0.29, 0.717) is 6.54 Å². The topological polar surface area (TPSA) is 38.0 Å². The Balaban J connectivity index is 2.15. The molecule has 0 saturated carbocycles. The number of hydrogen-bond donors (Lipinski definition) is 2. The number of hydrogen-bond acceptors (Lipinski definition) is 3. The molecule has 1 aromatic carbocycles. The summed E-state index contributed by atoms with van der Waals surface area (Å²) in [4.78, 5) is 1.15. The molecule has 0 bridgehead atoms. The molecule has 2 aromatic rings. The first kappa shape index (κ1) is 12.9. The molecule has 17 heavy (non-hydrogen) atoms. The zero-order valence-corrected chi connectivity index (χ0v) is 12.1. The maximum atomic E-state index is 5.93. The number of benzene rings is 1. The number of thiophene rings is 1. The van der Waals surface area contributed by atoms with E-state index in [0.717, 1.165) is 19.4 Å². The molecule has 3 N–H and O–H groups in total. The SMILES string of the molecule is NCC(Nc1cccc(Br)c1)c1ccc(Cl)s1. The van der Waals surface area contributed by atoms with Gasteiger partial charge in [-0.2, -0.15) is 0 Å². The van der Waals surface area contributed by atoms with Crippen LogP contribution < -0.4 is 11.1 Å². The molecule has 0 spiro atoms. The number of halogens is 2. The van der Waals surface area contributed by atoms with Crippen LogP contribution in [0.4, 0.5) is 5.69 Å². The van der Waals surface area contributed by atoms with Gasteiger partial charge in [-0.05, 0) is 30.3 Å². The number of nitrogens with two attached hydrogens (primary N) is 1. The first-order valence-corrected chi connectivity index (χ1v) is 7.15. The first-order valence-electron chi connectivity index (χ1n) is 5.16. The van der Waals surface area contributed by atoms with Gasteiger partial charge in [0, 0.05) is 21.6 Å². The summed E-state index contributed by atoms with van der Waals surface area (Å²) in [7, 11) is 0. The van der Waals surface area contributed by atoms with Crippen LogP contribution in [0.25, 0.3) is 0 Å². The average molecular weight is 332 g/mol. The minimum atomic E-state index is 0.0989. The van der Waals surface area contributed by atoms with Gasteiger partial charge in [0.15, 0.2) is 0 Å². The second kappa shape index (κ2) is 5.87. The van der Waals surface area contributed by atoms with E-state index in [2.05, 4.69) is 21.2 Å². The standard InChI is InChI=1S/C12H12BrClN2S/c13-8-2-1-3-9(6-8)16-10(7-15)11-4-5-12(14)17-11/h1-6,10,16H,7,15H2. The highest BCUT2D eigenvalue weighted by molar-refractivity contribution is 9.10. The molecule has 1 atom stereocenters. The van der Waals surface area contributed by atoms with E-state index in [1.807, 2.05) is 36.4 Å². The Morgan fingerprint density at radius 3 is 2.76 bits per heavy atom. The lowest BCUT2D eigenvalue weighted by molar-refractivity contribution is 0.806. The minimum absolute atomic E-state index is 0.0989. The van der Waals surface area contributed by atoms with Crippen LogP contribution in [0.3, 0.4) is 0 Å². The van der Waals surface area contributed by atoms with Crippen molar-refractivity contribution in [2.24, 2.45) is 5.73 Å². The van der Waals surface area contributed by atoms with E-state index in [-0.39, 0.29) is 6.04 Å². The second-order valence-electron chi connectivity index (χ2n) is 3.58. The Hall–Kier alpha value is -0.550. The molecule has 0 saturated heterocycles. The Morgan fingerprint density at radius 1 is 1.35 bits per heavy atom. The molecule has 0 fully saturated rings. The van der Waals surface area contributed by atoms with Crippen molar-refractivity contribution in [3.63, 3.8) is 0 Å². The molecule has 1 aromatic heterocycles. The summed E-state index contributed by atoms with van der Waals surface area (Å²) in [5, 5.41) is 3.40. The smallest absolute Gasteiger partial charge is 0.0932 e. The van der Waals surface area contributed by atoms with Gasteiger partial charge in [-0.3, -0.25) is 0 Å². The molecular weight excluding hydrogens is 320 g/mol. The summed E-state index contributed by atoms with van der Waals surface area (Å²) >= 11 is 10.9. The van der Waals surface area contributed by atoms with Gasteiger partial charge in [-0.15, -0.1) is 11.3 Å². The van der Waals surface area contributed by atoms with Crippen LogP contribution in [0.2, 0.25) is 4.34 Å². The summed E-state index contributed by atoms with van der Waals surface area (Å²) in [6.45, 7) is 0.531. The maximum absolute atomic E-state index is 5.93. The summed E-state index contributed by atoms with van der Waals surface area (Å²) in [5.41, 5.74) is 6.83. The quantitative estimate of drug-likeness (QED) is 0.877. The van der Waals surface area contributed by atoms with Gasteiger partial charge >= 0.3 is 0 Å². The zero-order valence-electron chi connectivity index (χ0n) is 8.99. The Kier molecular flexibility index (Phi) is 4.45. The highest BCUT2D eigenvalue weighted by Crippen LogP contribution is 2.29. The molecule has 0 aliphatic heterocycles. The molecule has 5 heteroatoms. The molecule has 1 unspecified atom stereocenters. The van der Waals surface area contributed by atoms with Crippen molar-refractivity contribution in [1.29, 1.82) is 0 Å². The average Bonchev–Trinajstić information content (AvgIpc) is 2.73. The van der Waals surface area contributed by atoms with E-state index in [1.165, 1.54) is 0 Å². The predicted octanol–water partition coefficient (Wildman–Crippen LogP) is 4.28. The third-order valence-electron chi connectivity index (χ3n) is 2.34. The summed E-state index contributed by atoms with van der Waals surface area (Å²) in [6, 6.07) is 12.0. The number of anilines is 1. The first-order chi connectivity index (χ1) is 8.19. The van der Waals surface area contributed by atoms with E-state index in [9.17, 15) is 0 Å². The van der Waals surface area contributed by atoms with Gasteiger partial charge in [0.25, 0.3) is 0 Å². The monoisotopic (exact) mass is 330 g/mol. The van der Waals surface area contributed by atoms with E-state index >= 15 is 0 Å². The van der Waals surface area contributed by atoms with Crippen LogP contribution in [0.5, 0.6) is 0 Å². The fraction of sp³-hybridized carbons (Fsp3) is 0.167. The molecule has 0 radical (unpaired) electrons. The molecule has 0 aliphatic rings. The fourth-order valence-electron chi connectivity index (χ4n) is 1.54.